The second-order valence-corrected chi connectivity index (χ2v) is 5.86. The van der Waals surface area contributed by atoms with Gasteiger partial charge in [0, 0.05) is 11.6 Å². The Balaban J connectivity index is 1.42. The fourth-order valence-corrected chi connectivity index (χ4v) is 2.59. The minimum atomic E-state index is -0.369. The van der Waals surface area contributed by atoms with Gasteiger partial charge in [0.15, 0.2) is 11.5 Å². The number of carbonyl (C=O) groups is 1. The third kappa shape index (κ3) is 3.75. The molecule has 0 fully saturated rings. The van der Waals surface area contributed by atoms with Gasteiger partial charge in [0.2, 0.25) is 5.76 Å². The number of carbonyl (C=O) groups excluding carboxylic acids is 1. The Morgan fingerprint density at radius 2 is 1.96 bits per heavy atom. The largest absolute Gasteiger partial charge is 0.497 e. The maximum Gasteiger partial charge on any atom is 0.273 e. The normalized spacial score (nSPS) is 10.6. The van der Waals surface area contributed by atoms with Gasteiger partial charge in [0.25, 0.3) is 5.91 Å². The number of methoxy groups -OCH3 is 1. The molecule has 0 aliphatic carbocycles. The minimum Gasteiger partial charge on any atom is -0.497 e. The molecule has 0 radical (unpaired) electrons. The summed E-state index contributed by atoms with van der Waals surface area (Å²) >= 11 is 0. The molecule has 0 spiro atoms. The number of nitrogens with one attached hydrogen (secondary N) is 1. The quantitative estimate of drug-likeness (QED) is 0.550. The van der Waals surface area contributed by atoms with Crippen LogP contribution in [0.1, 0.15) is 16.2 Å². The lowest BCUT2D eigenvalue weighted by molar-refractivity contribution is 0.0941. The van der Waals surface area contributed by atoms with Crippen LogP contribution < -0.4 is 10.1 Å². The van der Waals surface area contributed by atoms with Crippen molar-refractivity contribution in [3.05, 3.63) is 72.5 Å². The number of nitrogens with zero attached hydrogens (tertiary/aromatic N) is 3. The van der Waals surface area contributed by atoms with Gasteiger partial charge >= 0.3 is 0 Å². The van der Waals surface area contributed by atoms with Crippen LogP contribution in [-0.4, -0.2) is 28.1 Å². The summed E-state index contributed by atoms with van der Waals surface area (Å²) < 4.78 is 15.5. The van der Waals surface area contributed by atoms with Crippen molar-refractivity contribution in [3.63, 3.8) is 0 Å². The van der Waals surface area contributed by atoms with Gasteiger partial charge in [-0.2, -0.15) is 0 Å². The lowest BCUT2D eigenvalue weighted by Crippen LogP contribution is -2.23. The van der Waals surface area contributed by atoms with E-state index in [1.165, 1.54) is 18.7 Å². The second-order valence-electron chi connectivity index (χ2n) is 5.86. The third-order valence-electron chi connectivity index (χ3n) is 4.05. The lowest BCUT2D eigenvalue weighted by Gasteiger charge is -2.06. The van der Waals surface area contributed by atoms with Gasteiger partial charge in [-0.15, -0.1) is 0 Å². The van der Waals surface area contributed by atoms with Crippen molar-refractivity contribution < 1.29 is 18.5 Å². The molecule has 0 aliphatic heterocycles. The van der Waals surface area contributed by atoms with Gasteiger partial charge in [-0.3, -0.25) is 4.79 Å². The molecule has 0 aliphatic rings. The van der Waals surface area contributed by atoms with E-state index in [1.54, 1.807) is 19.2 Å². The summed E-state index contributed by atoms with van der Waals surface area (Å²) in [4.78, 5) is 20.8. The van der Waals surface area contributed by atoms with Crippen LogP contribution in [0.4, 0.5) is 0 Å². The van der Waals surface area contributed by atoms with Crippen LogP contribution in [0.25, 0.3) is 22.8 Å². The van der Waals surface area contributed by atoms with Crippen molar-refractivity contribution in [2.45, 2.75) is 6.54 Å². The van der Waals surface area contributed by atoms with Crippen LogP contribution in [0.3, 0.4) is 0 Å². The van der Waals surface area contributed by atoms with E-state index in [0.717, 1.165) is 17.0 Å². The molecular weight excluding hydrogens is 360 g/mol. The Bertz CT molecular complexity index is 1070. The highest BCUT2D eigenvalue weighted by Gasteiger charge is 2.15. The zero-order chi connectivity index (χ0) is 19.3. The molecule has 0 saturated heterocycles. The van der Waals surface area contributed by atoms with Crippen molar-refractivity contribution in [2.24, 2.45) is 0 Å². The summed E-state index contributed by atoms with van der Waals surface area (Å²) in [6.45, 7) is 0.230. The van der Waals surface area contributed by atoms with E-state index in [1.807, 2.05) is 30.3 Å². The van der Waals surface area contributed by atoms with Crippen molar-refractivity contribution in [2.75, 3.05) is 7.11 Å². The van der Waals surface area contributed by atoms with Gasteiger partial charge in [-0.25, -0.2) is 9.97 Å². The molecule has 1 aromatic carbocycles. The first-order chi connectivity index (χ1) is 13.7. The van der Waals surface area contributed by atoms with Crippen LogP contribution in [0.5, 0.6) is 5.75 Å². The maximum atomic E-state index is 12.3. The molecule has 8 heteroatoms. The summed E-state index contributed by atoms with van der Waals surface area (Å²) in [5.41, 5.74) is 2.51. The Kier molecular flexibility index (Phi) is 4.83. The third-order valence-corrected chi connectivity index (χ3v) is 4.05. The van der Waals surface area contributed by atoms with E-state index in [9.17, 15) is 4.79 Å². The number of hydrogen-bond acceptors (Lipinski definition) is 7. The van der Waals surface area contributed by atoms with Crippen LogP contribution in [0.15, 0.2) is 70.1 Å². The molecule has 8 nitrogen and oxygen atoms in total. The highest BCUT2D eigenvalue weighted by atomic mass is 16.5. The van der Waals surface area contributed by atoms with Gasteiger partial charge < -0.3 is 19.0 Å². The number of aromatic nitrogens is 3. The van der Waals surface area contributed by atoms with Crippen molar-refractivity contribution in [3.8, 4) is 28.5 Å². The molecule has 3 heterocycles. The van der Waals surface area contributed by atoms with Gasteiger partial charge in [-0.05, 0) is 42.5 Å². The summed E-state index contributed by atoms with van der Waals surface area (Å²) in [6.07, 6.45) is 2.99. The SMILES string of the molecule is COc1ccc(-c2cc(CNC(=O)c3cc(-c4ccco4)on3)ncn2)cc1. The fraction of sp³-hybridized carbons (Fsp3) is 0.100. The van der Waals surface area contributed by atoms with Crippen molar-refractivity contribution >= 4 is 5.91 Å². The number of rotatable bonds is 6. The Morgan fingerprint density at radius 1 is 1.11 bits per heavy atom. The average Bonchev–Trinajstić information content (AvgIpc) is 3.44. The highest BCUT2D eigenvalue weighted by Crippen LogP contribution is 2.21. The summed E-state index contributed by atoms with van der Waals surface area (Å²) in [6, 6.07) is 14.3. The van der Waals surface area contributed by atoms with E-state index in [0.29, 0.717) is 17.2 Å². The molecule has 3 aromatic heterocycles. The molecule has 1 amide bonds. The van der Waals surface area contributed by atoms with Crippen LogP contribution in [0, 0.1) is 0 Å². The standard InChI is InChI=1S/C20H16N4O4/c1-26-15-6-4-13(5-7-15)16-9-14(22-12-23-16)11-21-20(25)17-10-19(28-24-17)18-3-2-8-27-18/h2-10,12H,11H2,1H3,(H,21,25). The number of furan rings is 1. The molecule has 0 atom stereocenters. The molecule has 0 unspecified atom stereocenters. The zero-order valence-electron chi connectivity index (χ0n) is 15.0. The van der Waals surface area contributed by atoms with Crippen LogP contribution in [0.2, 0.25) is 0 Å². The van der Waals surface area contributed by atoms with E-state index < -0.39 is 0 Å². The molecule has 4 rings (SSSR count). The van der Waals surface area contributed by atoms with Gasteiger partial charge in [-0.1, -0.05) is 5.16 Å². The monoisotopic (exact) mass is 376 g/mol. The first-order valence-electron chi connectivity index (χ1n) is 8.47. The number of amides is 1. The van der Waals surface area contributed by atoms with Gasteiger partial charge in [0.05, 0.1) is 31.3 Å². The first kappa shape index (κ1) is 17.5. The first-order valence-corrected chi connectivity index (χ1v) is 8.47. The summed E-state index contributed by atoms with van der Waals surface area (Å²) in [7, 11) is 1.62. The average molecular weight is 376 g/mol. The second kappa shape index (κ2) is 7.75. The Morgan fingerprint density at radius 3 is 2.71 bits per heavy atom. The van der Waals surface area contributed by atoms with Gasteiger partial charge in [0.1, 0.15) is 12.1 Å². The smallest absolute Gasteiger partial charge is 0.273 e. The highest BCUT2D eigenvalue weighted by molar-refractivity contribution is 5.92. The number of hydrogen-bond donors (Lipinski definition) is 1. The van der Waals surface area contributed by atoms with E-state index >= 15 is 0 Å². The molecule has 0 saturated carbocycles. The molecule has 0 bridgehead atoms. The molecular formula is C20H16N4O4. The predicted molar refractivity (Wildman–Crippen MR) is 99.4 cm³/mol. The fourth-order valence-electron chi connectivity index (χ4n) is 2.59. The number of ether oxygens (including phenoxy) is 1. The molecule has 140 valence electrons. The maximum absolute atomic E-state index is 12.3. The summed E-state index contributed by atoms with van der Waals surface area (Å²) in [5, 5.41) is 6.54. The zero-order valence-corrected chi connectivity index (χ0v) is 15.0. The van der Waals surface area contributed by atoms with E-state index in [4.69, 9.17) is 13.7 Å². The van der Waals surface area contributed by atoms with Crippen LogP contribution in [-0.2, 0) is 6.54 Å². The Labute approximate surface area is 160 Å². The van der Waals surface area contributed by atoms with Crippen molar-refractivity contribution in [1.82, 2.24) is 20.4 Å². The molecule has 1 N–H and O–H groups in total. The topological polar surface area (TPSA) is 103 Å². The van der Waals surface area contributed by atoms with Crippen molar-refractivity contribution in [1.29, 1.82) is 0 Å². The minimum absolute atomic E-state index is 0.163. The Hall–Kier alpha value is -3.94. The van der Waals surface area contributed by atoms with E-state index in [-0.39, 0.29) is 18.1 Å². The molecule has 4 aromatic rings. The molecule has 28 heavy (non-hydrogen) atoms. The lowest BCUT2D eigenvalue weighted by atomic mass is 10.1. The number of benzene rings is 1. The summed E-state index contributed by atoms with van der Waals surface area (Å²) in [5.74, 6) is 1.29. The predicted octanol–water partition coefficient (Wildman–Crippen LogP) is 3.33. The van der Waals surface area contributed by atoms with Crippen LogP contribution >= 0.6 is 0 Å². The van der Waals surface area contributed by atoms with E-state index in [2.05, 4.69) is 20.4 Å².